The summed E-state index contributed by atoms with van der Waals surface area (Å²) >= 11 is 0. The van der Waals surface area contributed by atoms with Crippen LogP contribution in [0, 0.1) is 12.8 Å². The molecule has 0 spiro atoms. The number of esters is 1. The van der Waals surface area contributed by atoms with Gasteiger partial charge in [-0.25, -0.2) is 4.79 Å². The number of benzene rings is 3. The summed E-state index contributed by atoms with van der Waals surface area (Å²) in [6.45, 7) is 5.19. The topological polar surface area (TPSA) is 98.8 Å². The van der Waals surface area contributed by atoms with Crippen molar-refractivity contribution in [1.29, 1.82) is 0 Å². The molecule has 0 aliphatic carbocycles. The molecule has 0 saturated carbocycles. The monoisotopic (exact) mass is 530 g/mol. The summed E-state index contributed by atoms with van der Waals surface area (Å²) in [7, 11) is 1.65. The number of fused-ring (bicyclic) bond motifs is 1. The van der Waals surface area contributed by atoms with Gasteiger partial charge in [0.25, 0.3) is 0 Å². The Balaban J connectivity index is 1.19. The number of para-hydroxylation sites is 3. The average molecular weight is 531 g/mol. The van der Waals surface area contributed by atoms with Crippen molar-refractivity contribution in [2.75, 3.05) is 40.0 Å². The third-order valence-electron chi connectivity index (χ3n) is 7.01. The molecule has 1 atom stereocenters. The van der Waals surface area contributed by atoms with Gasteiger partial charge in [-0.15, -0.1) is 0 Å². The summed E-state index contributed by atoms with van der Waals surface area (Å²) in [6, 6.07) is 20.7. The molecule has 1 fully saturated rings. The van der Waals surface area contributed by atoms with Crippen molar-refractivity contribution in [2.24, 2.45) is 5.92 Å². The van der Waals surface area contributed by atoms with E-state index >= 15 is 0 Å². The molecule has 1 unspecified atom stereocenters. The molecule has 1 aromatic heterocycles. The van der Waals surface area contributed by atoms with Gasteiger partial charge in [0, 0.05) is 6.54 Å². The van der Waals surface area contributed by atoms with Crippen LogP contribution in [-0.4, -0.2) is 72.3 Å². The van der Waals surface area contributed by atoms with Crippen molar-refractivity contribution in [2.45, 2.75) is 25.9 Å². The van der Waals surface area contributed by atoms with Crippen LogP contribution in [0.25, 0.3) is 11.0 Å². The Morgan fingerprint density at radius 1 is 0.949 bits per heavy atom. The van der Waals surface area contributed by atoms with Gasteiger partial charge in [0.05, 0.1) is 19.3 Å². The second-order valence-electron chi connectivity index (χ2n) is 9.86. The maximum Gasteiger partial charge on any atom is 0.338 e. The minimum atomic E-state index is -0.456. The maximum atomic E-state index is 13.0. The lowest BCUT2D eigenvalue weighted by Crippen LogP contribution is -2.43. The van der Waals surface area contributed by atoms with Gasteiger partial charge in [0.15, 0.2) is 17.0 Å². The highest BCUT2D eigenvalue weighted by molar-refractivity contribution is 5.89. The van der Waals surface area contributed by atoms with Crippen LogP contribution in [0.1, 0.15) is 28.8 Å². The fraction of sp³-hybridized carbons (Fsp3) is 0.367. The van der Waals surface area contributed by atoms with Crippen LogP contribution in [0.4, 0.5) is 0 Å². The molecule has 1 N–H and O–H groups in total. The number of aromatic nitrogens is 3. The molecule has 1 aliphatic heterocycles. The van der Waals surface area contributed by atoms with Gasteiger partial charge in [-0.1, -0.05) is 35.9 Å². The van der Waals surface area contributed by atoms with Crippen molar-refractivity contribution in [3.63, 3.8) is 0 Å². The van der Waals surface area contributed by atoms with Gasteiger partial charge in [-0.3, -0.25) is 4.90 Å². The molecule has 9 heteroatoms. The summed E-state index contributed by atoms with van der Waals surface area (Å²) in [4.78, 5) is 15.3. The fourth-order valence-electron chi connectivity index (χ4n) is 4.74. The molecule has 204 valence electrons. The Hall–Kier alpha value is -4.11. The van der Waals surface area contributed by atoms with Gasteiger partial charge in [0.2, 0.25) is 0 Å². The lowest BCUT2D eigenvalue weighted by Gasteiger charge is -2.34. The largest absolute Gasteiger partial charge is 0.493 e. The molecule has 1 saturated heterocycles. The number of piperidine rings is 1. The van der Waals surface area contributed by atoms with E-state index in [-0.39, 0.29) is 12.6 Å². The molecule has 2 heterocycles. The highest BCUT2D eigenvalue weighted by Crippen LogP contribution is 2.28. The zero-order valence-electron chi connectivity index (χ0n) is 22.3. The van der Waals surface area contributed by atoms with Crippen molar-refractivity contribution >= 4 is 17.0 Å². The number of methoxy groups -OCH3 is 1. The number of carbonyl (C=O) groups is 1. The van der Waals surface area contributed by atoms with Crippen LogP contribution in [0.15, 0.2) is 66.7 Å². The molecule has 4 aromatic rings. The van der Waals surface area contributed by atoms with Crippen LogP contribution < -0.4 is 14.2 Å². The van der Waals surface area contributed by atoms with Crippen molar-refractivity contribution in [3.8, 4) is 17.2 Å². The number of aromatic amines is 1. The summed E-state index contributed by atoms with van der Waals surface area (Å²) < 4.78 is 23.5. The molecule has 1 aliphatic rings. The molecule has 5 rings (SSSR count). The molecular formula is C30H34N4O5. The minimum absolute atomic E-state index is 0.209. The van der Waals surface area contributed by atoms with Crippen molar-refractivity contribution < 1.29 is 23.7 Å². The Labute approximate surface area is 228 Å². The quantitative estimate of drug-likeness (QED) is 0.279. The normalized spacial score (nSPS) is 15.1. The van der Waals surface area contributed by atoms with Crippen molar-refractivity contribution in [3.05, 3.63) is 77.9 Å². The molecule has 9 nitrogen and oxygen atoms in total. The average Bonchev–Trinajstić information content (AvgIpc) is 3.46. The lowest BCUT2D eigenvalue weighted by molar-refractivity contribution is 0.00125. The van der Waals surface area contributed by atoms with E-state index in [4.69, 9.17) is 18.9 Å². The number of carbonyl (C=O) groups excluding carboxylic acids is 1. The third-order valence-corrected chi connectivity index (χ3v) is 7.01. The van der Waals surface area contributed by atoms with Crippen LogP contribution >= 0.6 is 0 Å². The first kappa shape index (κ1) is 26.5. The van der Waals surface area contributed by atoms with Gasteiger partial charge in [-0.2, -0.15) is 15.4 Å². The van der Waals surface area contributed by atoms with Crippen LogP contribution in [0.2, 0.25) is 0 Å². The van der Waals surface area contributed by atoms with E-state index in [2.05, 4.69) is 20.3 Å². The highest BCUT2D eigenvalue weighted by Gasteiger charge is 2.25. The number of likely N-dealkylation sites (tertiary alicyclic amines) is 1. The fourth-order valence-corrected chi connectivity index (χ4v) is 4.74. The Kier molecular flexibility index (Phi) is 8.58. The second-order valence-corrected chi connectivity index (χ2v) is 9.86. The first-order chi connectivity index (χ1) is 19.1. The second kappa shape index (κ2) is 12.6. The zero-order chi connectivity index (χ0) is 27.0. The van der Waals surface area contributed by atoms with E-state index in [1.54, 1.807) is 19.2 Å². The van der Waals surface area contributed by atoms with E-state index in [1.807, 2.05) is 61.5 Å². The third kappa shape index (κ3) is 6.86. The number of hydrogen-bond acceptors (Lipinski definition) is 8. The van der Waals surface area contributed by atoms with Crippen LogP contribution in [0.5, 0.6) is 17.2 Å². The lowest BCUT2D eigenvalue weighted by atomic mass is 9.97. The maximum absolute atomic E-state index is 13.0. The number of hydrogen-bond donors (Lipinski definition) is 1. The summed E-state index contributed by atoms with van der Waals surface area (Å²) in [5, 5.41) is 10.9. The highest BCUT2D eigenvalue weighted by atomic mass is 16.6. The number of ether oxygens (including phenoxy) is 4. The van der Waals surface area contributed by atoms with E-state index in [0.29, 0.717) is 35.9 Å². The molecule has 0 bridgehead atoms. The molecule has 39 heavy (non-hydrogen) atoms. The number of rotatable bonds is 11. The van der Waals surface area contributed by atoms with E-state index in [0.717, 1.165) is 48.5 Å². The van der Waals surface area contributed by atoms with E-state index in [1.165, 1.54) is 0 Å². The predicted octanol–water partition coefficient (Wildman–Crippen LogP) is 4.67. The minimum Gasteiger partial charge on any atom is -0.493 e. The van der Waals surface area contributed by atoms with Crippen LogP contribution in [-0.2, 0) is 4.74 Å². The Bertz CT molecular complexity index is 1370. The molecule has 0 radical (unpaired) electrons. The summed E-state index contributed by atoms with van der Waals surface area (Å²) in [5.41, 5.74) is 2.98. The Morgan fingerprint density at radius 2 is 1.69 bits per heavy atom. The van der Waals surface area contributed by atoms with E-state index in [9.17, 15) is 4.79 Å². The van der Waals surface area contributed by atoms with Gasteiger partial charge < -0.3 is 18.9 Å². The summed E-state index contributed by atoms with van der Waals surface area (Å²) in [6.07, 6.45) is 1.53. The number of nitrogens with zero attached hydrogens (tertiary/aromatic N) is 3. The molecule has 3 aromatic carbocycles. The van der Waals surface area contributed by atoms with Gasteiger partial charge in [0.1, 0.15) is 24.0 Å². The van der Waals surface area contributed by atoms with Gasteiger partial charge in [-0.05, 0) is 75.2 Å². The number of nitrogens with one attached hydrogen (secondary N) is 1. The number of H-pyrrole nitrogens is 1. The SMILES string of the molecule is COc1ccccc1OCC1CCN(CC(COc2cccc3n[nH]nc23)OC(=O)c2ccc(C)cc2)CC1. The molecular weight excluding hydrogens is 496 g/mol. The molecule has 0 amide bonds. The summed E-state index contributed by atoms with van der Waals surface area (Å²) in [5.74, 6) is 2.20. The van der Waals surface area contributed by atoms with Gasteiger partial charge >= 0.3 is 5.97 Å². The smallest absolute Gasteiger partial charge is 0.338 e. The first-order valence-corrected chi connectivity index (χ1v) is 13.3. The Morgan fingerprint density at radius 3 is 2.46 bits per heavy atom. The van der Waals surface area contributed by atoms with Crippen LogP contribution in [0.3, 0.4) is 0 Å². The standard InChI is InChI=1S/C30H34N4O5/c1-21-10-12-23(13-11-21)30(35)39-24(20-38-28-9-5-6-25-29(28)32-33-31-25)18-34-16-14-22(15-17-34)19-37-27-8-4-3-7-26(27)36-2/h3-13,22,24H,14-20H2,1-2H3,(H,31,32,33). The van der Waals surface area contributed by atoms with Crippen molar-refractivity contribution in [1.82, 2.24) is 20.3 Å². The first-order valence-electron chi connectivity index (χ1n) is 13.3. The zero-order valence-corrected chi connectivity index (χ0v) is 22.3. The predicted molar refractivity (Wildman–Crippen MR) is 147 cm³/mol. The van der Waals surface area contributed by atoms with E-state index < -0.39 is 6.10 Å². The number of aryl methyl sites for hydroxylation is 1.